The standard InChI is InChI=1S/C12H12BrN5O2/c13-8-1-2-9(14-3-8)4-17-5-10(6-17)18-7-11(12(19)20)15-16-18/h1-3,7,10H,4-6H2,(H,19,20). The van der Waals surface area contributed by atoms with Gasteiger partial charge in [0.2, 0.25) is 0 Å². The van der Waals surface area contributed by atoms with Crippen molar-refractivity contribution in [3.8, 4) is 0 Å². The van der Waals surface area contributed by atoms with Gasteiger partial charge in [0, 0.05) is 30.3 Å². The molecule has 3 rings (SSSR count). The Bertz CT molecular complexity index is 621. The van der Waals surface area contributed by atoms with E-state index in [1.165, 1.54) is 6.20 Å². The molecule has 0 saturated carbocycles. The minimum atomic E-state index is -1.05. The van der Waals surface area contributed by atoms with Crippen LogP contribution in [0.5, 0.6) is 0 Å². The second-order valence-electron chi connectivity index (χ2n) is 4.70. The topological polar surface area (TPSA) is 84.1 Å². The second kappa shape index (κ2) is 5.29. The fourth-order valence-corrected chi connectivity index (χ4v) is 2.36. The molecule has 1 aliphatic heterocycles. The Labute approximate surface area is 123 Å². The van der Waals surface area contributed by atoms with Crippen molar-refractivity contribution in [2.24, 2.45) is 0 Å². The minimum absolute atomic E-state index is 0.0157. The van der Waals surface area contributed by atoms with Gasteiger partial charge in [0.25, 0.3) is 0 Å². The molecular weight excluding hydrogens is 326 g/mol. The van der Waals surface area contributed by atoms with Gasteiger partial charge in [-0.3, -0.25) is 9.88 Å². The van der Waals surface area contributed by atoms with Crippen molar-refractivity contribution >= 4 is 21.9 Å². The van der Waals surface area contributed by atoms with Crippen LogP contribution in [0.15, 0.2) is 29.0 Å². The van der Waals surface area contributed by atoms with Crippen LogP contribution in [0.25, 0.3) is 0 Å². The predicted molar refractivity (Wildman–Crippen MR) is 73.2 cm³/mol. The number of hydrogen-bond acceptors (Lipinski definition) is 5. The summed E-state index contributed by atoms with van der Waals surface area (Å²) in [7, 11) is 0. The van der Waals surface area contributed by atoms with Crippen LogP contribution < -0.4 is 0 Å². The van der Waals surface area contributed by atoms with E-state index in [9.17, 15) is 4.79 Å². The van der Waals surface area contributed by atoms with Gasteiger partial charge in [-0.25, -0.2) is 9.48 Å². The highest BCUT2D eigenvalue weighted by atomic mass is 79.9. The van der Waals surface area contributed by atoms with Gasteiger partial charge in [0.1, 0.15) is 0 Å². The summed E-state index contributed by atoms with van der Waals surface area (Å²) >= 11 is 3.35. The summed E-state index contributed by atoms with van der Waals surface area (Å²) in [6, 6.07) is 4.14. The third-order valence-electron chi connectivity index (χ3n) is 3.22. The smallest absolute Gasteiger partial charge is 0.358 e. The van der Waals surface area contributed by atoms with Crippen molar-refractivity contribution < 1.29 is 9.90 Å². The van der Waals surface area contributed by atoms with Crippen LogP contribution in [0, 0.1) is 0 Å². The van der Waals surface area contributed by atoms with Crippen LogP contribution in [0.1, 0.15) is 22.2 Å². The van der Waals surface area contributed by atoms with Crippen LogP contribution in [-0.2, 0) is 6.54 Å². The zero-order valence-electron chi connectivity index (χ0n) is 10.5. The van der Waals surface area contributed by atoms with Crippen molar-refractivity contribution in [3.63, 3.8) is 0 Å². The molecule has 0 bridgehead atoms. The maximum absolute atomic E-state index is 10.7. The Morgan fingerprint density at radius 3 is 2.85 bits per heavy atom. The Kier molecular flexibility index (Phi) is 3.49. The highest BCUT2D eigenvalue weighted by Crippen LogP contribution is 2.22. The number of halogens is 1. The number of carboxylic acid groups (broad SMARTS) is 1. The molecule has 7 nitrogen and oxygen atoms in total. The Morgan fingerprint density at radius 1 is 1.45 bits per heavy atom. The molecule has 1 N–H and O–H groups in total. The van der Waals surface area contributed by atoms with Crippen LogP contribution >= 0.6 is 15.9 Å². The molecule has 1 saturated heterocycles. The first-order chi connectivity index (χ1) is 9.61. The summed E-state index contributed by atoms with van der Waals surface area (Å²) in [6.07, 6.45) is 3.26. The molecular formula is C12H12BrN5O2. The SMILES string of the molecule is O=C(O)c1cn(C2CN(Cc3ccc(Br)cn3)C2)nn1. The lowest BCUT2D eigenvalue weighted by atomic mass is 10.1. The van der Waals surface area contributed by atoms with Gasteiger partial charge >= 0.3 is 5.97 Å². The molecule has 0 atom stereocenters. The van der Waals surface area contributed by atoms with Crippen LogP contribution in [0.4, 0.5) is 0 Å². The molecule has 0 radical (unpaired) electrons. The highest BCUT2D eigenvalue weighted by molar-refractivity contribution is 9.10. The van der Waals surface area contributed by atoms with Crippen molar-refractivity contribution in [3.05, 3.63) is 40.4 Å². The Hall–Kier alpha value is -1.80. The molecule has 2 aromatic rings. The fourth-order valence-electron chi connectivity index (χ4n) is 2.12. The number of carboxylic acids is 1. The number of nitrogens with zero attached hydrogens (tertiary/aromatic N) is 5. The molecule has 0 aliphatic carbocycles. The third-order valence-corrected chi connectivity index (χ3v) is 3.68. The van der Waals surface area contributed by atoms with Crippen molar-refractivity contribution in [2.75, 3.05) is 13.1 Å². The Balaban J connectivity index is 1.55. The lowest BCUT2D eigenvalue weighted by Gasteiger charge is -2.38. The number of aromatic nitrogens is 4. The first kappa shape index (κ1) is 13.2. The number of hydrogen-bond donors (Lipinski definition) is 1. The largest absolute Gasteiger partial charge is 0.476 e. The molecule has 1 fully saturated rings. The van der Waals surface area contributed by atoms with Crippen molar-refractivity contribution in [1.82, 2.24) is 24.9 Å². The molecule has 0 aromatic carbocycles. The molecule has 0 spiro atoms. The molecule has 104 valence electrons. The predicted octanol–water partition coefficient (Wildman–Crippen LogP) is 1.19. The maximum Gasteiger partial charge on any atom is 0.358 e. The van der Waals surface area contributed by atoms with E-state index in [1.807, 2.05) is 12.1 Å². The maximum atomic E-state index is 10.7. The number of likely N-dealkylation sites (tertiary alicyclic amines) is 1. The lowest BCUT2D eigenvalue weighted by molar-refractivity contribution is 0.0690. The molecule has 0 amide bonds. The number of aromatic carboxylic acids is 1. The van der Waals surface area contributed by atoms with E-state index in [0.717, 1.165) is 29.8 Å². The second-order valence-corrected chi connectivity index (χ2v) is 5.62. The fraction of sp³-hybridized carbons (Fsp3) is 0.333. The normalized spacial score (nSPS) is 16.1. The van der Waals surface area contributed by atoms with Crippen molar-refractivity contribution in [2.45, 2.75) is 12.6 Å². The van der Waals surface area contributed by atoms with Crippen molar-refractivity contribution in [1.29, 1.82) is 0 Å². The molecule has 3 heterocycles. The number of carbonyl (C=O) groups is 1. The van der Waals surface area contributed by atoms with E-state index in [4.69, 9.17) is 5.11 Å². The first-order valence-corrected chi connectivity index (χ1v) is 6.89. The van der Waals surface area contributed by atoms with E-state index in [2.05, 4.69) is 36.1 Å². The van der Waals surface area contributed by atoms with Gasteiger partial charge in [0.15, 0.2) is 5.69 Å². The summed E-state index contributed by atoms with van der Waals surface area (Å²) in [5.41, 5.74) is 0.995. The molecule has 20 heavy (non-hydrogen) atoms. The van der Waals surface area contributed by atoms with Crippen LogP contribution in [0.2, 0.25) is 0 Å². The van der Waals surface area contributed by atoms with Gasteiger partial charge in [-0.1, -0.05) is 5.21 Å². The summed E-state index contributed by atoms with van der Waals surface area (Å²) in [6.45, 7) is 2.42. The van der Waals surface area contributed by atoms with Gasteiger partial charge in [-0.05, 0) is 28.1 Å². The van der Waals surface area contributed by atoms with Gasteiger partial charge < -0.3 is 5.11 Å². The van der Waals surface area contributed by atoms with E-state index >= 15 is 0 Å². The molecule has 2 aromatic heterocycles. The van der Waals surface area contributed by atoms with E-state index in [-0.39, 0.29) is 11.7 Å². The summed E-state index contributed by atoms with van der Waals surface area (Å²) < 4.78 is 2.58. The monoisotopic (exact) mass is 337 g/mol. The average molecular weight is 338 g/mol. The average Bonchev–Trinajstić information content (AvgIpc) is 2.85. The quantitative estimate of drug-likeness (QED) is 0.902. The minimum Gasteiger partial charge on any atom is -0.476 e. The highest BCUT2D eigenvalue weighted by Gasteiger charge is 2.29. The zero-order chi connectivity index (χ0) is 14.1. The van der Waals surface area contributed by atoms with Gasteiger partial charge in [-0.2, -0.15) is 0 Å². The van der Waals surface area contributed by atoms with Crippen LogP contribution in [0.3, 0.4) is 0 Å². The molecule has 8 heteroatoms. The summed E-state index contributed by atoms with van der Waals surface area (Å²) in [5.74, 6) is -1.05. The zero-order valence-corrected chi connectivity index (χ0v) is 12.1. The summed E-state index contributed by atoms with van der Waals surface area (Å²) in [5, 5.41) is 16.3. The van der Waals surface area contributed by atoms with E-state index < -0.39 is 5.97 Å². The molecule has 1 aliphatic rings. The van der Waals surface area contributed by atoms with Gasteiger partial charge in [0.05, 0.1) is 17.9 Å². The first-order valence-electron chi connectivity index (χ1n) is 6.10. The number of pyridine rings is 1. The Morgan fingerprint density at radius 2 is 2.25 bits per heavy atom. The lowest BCUT2D eigenvalue weighted by Crippen LogP contribution is -2.47. The molecule has 0 unspecified atom stereocenters. The van der Waals surface area contributed by atoms with E-state index in [1.54, 1.807) is 10.9 Å². The van der Waals surface area contributed by atoms with Crippen LogP contribution in [-0.4, -0.2) is 49.0 Å². The number of rotatable bonds is 4. The van der Waals surface area contributed by atoms with E-state index in [0.29, 0.717) is 0 Å². The summed E-state index contributed by atoms with van der Waals surface area (Å²) in [4.78, 5) is 17.3. The van der Waals surface area contributed by atoms with Gasteiger partial charge in [-0.15, -0.1) is 5.10 Å². The third kappa shape index (κ3) is 2.70.